The Morgan fingerprint density at radius 1 is 1.11 bits per heavy atom. The summed E-state index contributed by atoms with van der Waals surface area (Å²) in [6.07, 6.45) is 3.17. The van der Waals surface area contributed by atoms with Crippen molar-refractivity contribution in [3.8, 4) is 0 Å². The number of benzene rings is 2. The second-order valence-corrected chi connectivity index (χ2v) is 7.56. The number of nitrogens with one attached hydrogen (secondary N) is 1. The van der Waals surface area contributed by atoms with Gasteiger partial charge in [-0.1, -0.05) is 67.4 Å². The standard InChI is InChI=1S/C22H23ClN2O3/c1-3-4-7-15-10-12-16(13-11-15)19(26)14-25-20(27)22(2,24-21(25)28)17-8-5-6-9-18(17)23/h5-6,8-13H,3-4,7,14H2,1-2H3,(H,24,28)/t22-/m1/s1. The second kappa shape index (κ2) is 8.15. The highest BCUT2D eigenvalue weighted by Gasteiger charge is 2.50. The number of amides is 3. The number of Topliss-reactive ketones (excluding diaryl/α,β-unsaturated/α-hetero) is 1. The number of unbranched alkanes of at least 4 members (excludes halogenated alkanes) is 1. The predicted octanol–water partition coefficient (Wildman–Crippen LogP) is 4.33. The van der Waals surface area contributed by atoms with Gasteiger partial charge in [0.15, 0.2) is 5.78 Å². The van der Waals surface area contributed by atoms with Gasteiger partial charge in [-0.15, -0.1) is 0 Å². The molecule has 0 saturated carbocycles. The van der Waals surface area contributed by atoms with Gasteiger partial charge in [0, 0.05) is 16.1 Å². The molecule has 28 heavy (non-hydrogen) atoms. The van der Waals surface area contributed by atoms with Crippen LogP contribution in [-0.2, 0) is 16.8 Å². The molecule has 0 unspecified atom stereocenters. The summed E-state index contributed by atoms with van der Waals surface area (Å²) in [6, 6.07) is 13.6. The molecule has 3 amide bonds. The number of carbonyl (C=O) groups is 3. The molecule has 1 heterocycles. The highest BCUT2D eigenvalue weighted by molar-refractivity contribution is 6.32. The Balaban J connectivity index is 1.75. The van der Waals surface area contributed by atoms with Crippen molar-refractivity contribution < 1.29 is 14.4 Å². The molecule has 1 N–H and O–H groups in total. The van der Waals surface area contributed by atoms with Crippen molar-refractivity contribution in [3.05, 3.63) is 70.2 Å². The van der Waals surface area contributed by atoms with Gasteiger partial charge < -0.3 is 5.32 Å². The highest BCUT2D eigenvalue weighted by Crippen LogP contribution is 2.33. The minimum Gasteiger partial charge on any atom is -0.319 e. The zero-order valence-corrected chi connectivity index (χ0v) is 16.8. The minimum atomic E-state index is -1.29. The third kappa shape index (κ3) is 3.80. The number of nitrogens with zero attached hydrogens (tertiary/aromatic N) is 1. The molecule has 0 spiro atoms. The van der Waals surface area contributed by atoms with Crippen molar-refractivity contribution in [2.45, 2.75) is 38.6 Å². The lowest BCUT2D eigenvalue weighted by atomic mass is 9.92. The quantitative estimate of drug-likeness (QED) is 0.557. The summed E-state index contributed by atoms with van der Waals surface area (Å²) in [4.78, 5) is 39.0. The Kier molecular flexibility index (Phi) is 5.84. The van der Waals surface area contributed by atoms with Crippen molar-refractivity contribution >= 4 is 29.3 Å². The lowest BCUT2D eigenvalue weighted by molar-refractivity contribution is -0.130. The summed E-state index contributed by atoms with van der Waals surface area (Å²) in [7, 11) is 0. The summed E-state index contributed by atoms with van der Waals surface area (Å²) < 4.78 is 0. The van der Waals surface area contributed by atoms with Crippen LogP contribution in [0.5, 0.6) is 0 Å². The Morgan fingerprint density at radius 3 is 2.43 bits per heavy atom. The first-order chi connectivity index (χ1) is 13.4. The SMILES string of the molecule is CCCCc1ccc(C(=O)CN2C(=O)N[C@](C)(c3ccccc3Cl)C2=O)cc1. The zero-order chi connectivity index (χ0) is 20.3. The van der Waals surface area contributed by atoms with Crippen LogP contribution in [0.2, 0.25) is 5.02 Å². The van der Waals surface area contributed by atoms with E-state index in [2.05, 4.69) is 12.2 Å². The van der Waals surface area contributed by atoms with Gasteiger partial charge in [-0.2, -0.15) is 0 Å². The largest absolute Gasteiger partial charge is 0.325 e. The Labute approximate surface area is 169 Å². The lowest BCUT2D eigenvalue weighted by Gasteiger charge is -2.23. The van der Waals surface area contributed by atoms with Crippen LogP contribution < -0.4 is 5.32 Å². The second-order valence-electron chi connectivity index (χ2n) is 7.15. The third-order valence-corrected chi connectivity index (χ3v) is 5.41. The average Bonchev–Trinajstić information content (AvgIpc) is 2.90. The molecule has 1 atom stereocenters. The number of halogens is 1. The van der Waals surface area contributed by atoms with Crippen LogP contribution in [-0.4, -0.2) is 29.2 Å². The molecule has 3 rings (SSSR count). The van der Waals surface area contributed by atoms with E-state index in [0.717, 1.165) is 24.2 Å². The van der Waals surface area contributed by atoms with Gasteiger partial charge in [0.05, 0.1) is 6.54 Å². The van der Waals surface area contributed by atoms with Crippen LogP contribution in [0.25, 0.3) is 0 Å². The lowest BCUT2D eigenvalue weighted by Crippen LogP contribution is -2.41. The Bertz CT molecular complexity index is 910. The average molecular weight is 399 g/mol. The van der Waals surface area contributed by atoms with Gasteiger partial charge in [-0.05, 0) is 31.4 Å². The topological polar surface area (TPSA) is 66.5 Å². The van der Waals surface area contributed by atoms with E-state index in [1.807, 2.05) is 12.1 Å². The number of rotatable bonds is 7. The van der Waals surface area contributed by atoms with Crippen LogP contribution in [0.1, 0.15) is 48.2 Å². The number of urea groups is 1. The molecule has 1 saturated heterocycles. The molecule has 5 nitrogen and oxygen atoms in total. The molecule has 0 aromatic heterocycles. The fourth-order valence-corrected chi connectivity index (χ4v) is 3.69. The molecule has 0 radical (unpaired) electrons. The molecule has 1 aliphatic rings. The molecule has 2 aromatic carbocycles. The number of ketones is 1. The minimum absolute atomic E-state index is 0.283. The van der Waals surface area contributed by atoms with Gasteiger partial charge in [-0.25, -0.2) is 4.79 Å². The fourth-order valence-electron chi connectivity index (χ4n) is 3.36. The monoisotopic (exact) mass is 398 g/mol. The van der Waals surface area contributed by atoms with Gasteiger partial charge in [0.1, 0.15) is 5.54 Å². The molecular weight excluding hydrogens is 376 g/mol. The van der Waals surface area contributed by atoms with Gasteiger partial charge in [-0.3, -0.25) is 14.5 Å². The molecule has 0 bridgehead atoms. The molecular formula is C22H23ClN2O3. The first-order valence-corrected chi connectivity index (χ1v) is 9.76. The van der Waals surface area contributed by atoms with Crippen LogP contribution in [0.4, 0.5) is 4.79 Å². The molecule has 2 aromatic rings. The molecule has 6 heteroatoms. The van der Waals surface area contributed by atoms with Crippen molar-refractivity contribution in [1.29, 1.82) is 0 Å². The summed E-state index contributed by atoms with van der Waals surface area (Å²) in [5.41, 5.74) is 0.858. The van der Waals surface area contributed by atoms with E-state index in [1.54, 1.807) is 43.3 Å². The smallest absolute Gasteiger partial charge is 0.319 e. The van der Waals surface area contributed by atoms with E-state index >= 15 is 0 Å². The maximum atomic E-state index is 13.0. The summed E-state index contributed by atoms with van der Waals surface area (Å²) >= 11 is 6.22. The Morgan fingerprint density at radius 2 is 1.79 bits per heavy atom. The van der Waals surface area contributed by atoms with Crippen molar-refractivity contribution in [1.82, 2.24) is 10.2 Å². The molecule has 1 aliphatic heterocycles. The van der Waals surface area contributed by atoms with Crippen LogP contribution >= 0.6 is 11.6 Å². The fraction of sp³-hybridized carbons (Fsp3) is 0.318. The number of imide groups is 1. The van der Waals surface area contributed by atoms with Crippen LogP contribution in [0, 0.1) is 0 Å². The van der Waals surface area contributed by atoms with Crippen molar-refractivity contribution in [2.75, 3.05) is 6.54 Å². The molecule has 1 fully saturated rings. The Hall–Kier alpha value is -2.66. The van der Waals surface area contributed by atoms with E-state index in [0.29, 0.717) is 16.1 Å². The molecule has 146 valence electrons. The highest BCUT2D eigenvalue weighted by atomic mass is 35.5. The first kappa shape index (κ1) is 20.1. The van der Waals surface area contributed by atoms with E-state index in [9.17, 15) is 14.4 Å². The number of aryl methyl sites for hydroxylation is 1. The predicted molar refractivity (Wildman–Crippen MR) is 108 cm³/mol. The van der Waals surface area contributed by atoms with E-state index in [4.69, 9.17) is 11.6 Å². The van der Waals surface area contributed by atoms with Crippen molar-refractivity contribution in [3.63, 3.8) is 0 Å². The van der Waals surface area contributed by atoms with E-state index in [-0.39, 0.29) is 12.3 Å². The van der Waals surface area contributed by atoms with Gasteiger partial charge in [0.2, 0.25) is 0 Å². The van der Waals surface area contributed by atoms with E-state index in [1.165, 1.54) is 5.56 Å². The number of carbonyl (C=O) groups excluding carboxylic acids is 3. The summed E-state index contributed by atoms with van der Waals surface area (Å²) in [5, 5.41) is 3.06. The number of hydrogen-bond donors (Lipinski definition) is 1. The van der Waals surface area contributed by atoms with E-state index < -0.39 is 17.5 Å². The third-order valence-electron chi connectivity index (χ3n) is 5.08. The first-order valence-electron chi connectivity index (χ1n) is 9.38. The summed E-state index contributed by atoms with van der Waals surface area (Å²) in [6.45, 7) is 3.42. The van der Waals surface area contributed by atoms with Crippen LogP contribution in [0.3, 0.4) is 0 Å². The molecule has 0 aliphatic carbocycles. The van der Waals surface area contributed by atoms with Crippen molar-refractivity contribution in [2.24, 2.45) is 0 Å². The maximum Gasteiger partial charge on any atom is 0.325 e. The normalized spacial score (nSPS) is 19.0. The maximum absolute atomic E-state index is 13.0. The van der Waals surface area contributed by atoms with Crippen LogP contribution in [0.15, 0.2) is 48.5 Å². The number of hydrogen-bond acceptors (Lipinski definition) is 3. The van der Waals surface area contributed by atoms with Gasteiger partial charge >= 0.3 is 6.03 Å². The summed E-state index contributed by atoms with van der Waals surface area (Å²) in [5.74, 6) is -0.771. The zero-order valence-electron chi connectivity index (χ0n) is 16.0. The van der Waals surface area contributed by atoms with Gasteiger partial charge in [0.25, 0.3) is 5.91 Å².